The van der Waals surface area contributed by atoms with Gasteiger partial charge in [0, 0.05) is 6.20 Å². The summed E-state index contributed by atoms with van der Waals surface area (Å²) < 4.78 is 4.14. The lowest BCUT2D eigenvalue weighted by molar-refractivity contribution is -0.132. The molecule has 1 aliphatic rings. The van der Waals surface area contributed by atoms with E-state index in [4.69, 9.17) is 0 Å². The molecular weight excluding hydrogens is 122 g/mol. The Morgan fingerprint density at radius 3 is 2.56 bits per heavy atom. The Morgan fingerprint density at radius 2 is 2.33 bits per heavy atom. The summed E-state index contributed by atoms with van der Waals surface area (Å²) in [4.78, 5) is 21.8. The first-order chi connectivity index (χ1) is 4.24. The zero-order valence-electron chi connectivity index (χ0n) is 4.66. The fourth-order valence-corrected chi connectivity index (χ4v) is 0.531. The molecule has 0 aromatic heterocycles. The highest BCUT2D eigenvalue weighted by Gasteiger charge is 2.26. The molecule has 0 spiro atoms. The Hall–Kier alpha value is -1.32. The van der Waals surface area contributed by atoms with Crippen LogP contribution in [0.1, 0.15) is 0 Å². The predicted molar refractivity (Wildman–Crippen MR) is 28.4 cm³/mol. The van der Waals surface area contributed by atoms with Gasteiger partial charge in [0.05, 0.1) is 0 Å². The summed E-state index contributed by atoms with van der Waals surface area (Å²) in [5.74, 6) is -0.528. The first-order valence-electron chi connectivity index (χ1n) is 2.38. The Bertz CT molecular complexity index is 175. The van der Waals surface area contributed by atoms with E-state index < -0.39 is 12.1 Å². The minimum atomic E-state index is -0.644. The molecule has 4 heteroatoms. The predicted octanol–water partition coefficient (Wildman–Crippen LogP) is 0.109. The van der Waals surface area contributed by atoms with Crippen molar-refractivity contribution >= 4 is 12.1 Å². The first-order valence-corrected chi connectivity index (χ1v) is 2.38. The van der Waals surface area contributed by atoms with E-state index in [9.17, 15) is 9.59 Å². The number of amides is 1. The van der Waals surface area contributed by atoms with Crippen LogP contribution in [0.25, 0.3) is 0 Å². The van der Waals surface area contributed by atoms with E-state index in [1.165, 1.54) is 6.20 Å². The van der Waals surface area contributed by atoms with Gasteiger partial charge >= 0.3 is 12.1 Å². The van der Waals surface area contributed by atoms with Crippen molar-refractivity contribution in [3.63, 3.8) is 0 Å². The molecule has 1 fully saturated rings. The quantitative estimate of drug-likeness (QED) is 0.371. The van der Waals surface area contributed by atoms with Gasteiger partial charge < -0.3 is 4.74 Å². The van der Waals surface area contributed by atoms with Crippen LogP contribution in [0.4, 0.5) is 4.79 Å². The SMILES string of the molecule is C=CN1CC(=O)OC1=O. The molecule has 9 heavy (non-hydrogen) atoms. The lowest BCUT2D eigenvalue weighted by Crippen LogP contribution is -2.16. The summed E-state index contributed by atoms with van der Waals surface area (Å²) in [7, 11) is 0. The zero-order valence-corrected chi connectivity index (χ0v) is 4.66. The van der Waals surface area contributed by atoms with Gasteiger partial charge in [0.15, 0.2) is 0 Å². The topological polar surface area (TPSA) is 46.6 Å². The number of ether oxygens (including phenoxy) is 1. The van der Waals surface area contributed by atoms with Gasteiger partial charge in [-0.15, -0.1) is 0 Å². The summed E-state index contributed by atoms with van der Waals surface area (Å²) in [6.07, 6.45) is 0.614. The number of rotatable bonds is 1. The van der Waals surface area contributed by atoms with Gasteiger partial charge in [0.2, 0.25) is 0 Å². The average molecular weight is 127 g/mol. The summed E-state index contributed by atoms with van der Waals surface area (Å²) in [5.41, 5.74) is 0. The third-order valence-corrected chi connectivity index (χ3v) is 0.955. The number of carbonyl (C=O) groups excluding carboxylic acids is 2. The number of cyclic esters (lactones) is 2. The van der Waals surface area contributed by atoms with Gasteiger partial charge in [-0.25, -0.2) is 9.59 Å². The molecular formula is C5H5NO3. The second kappa shape index (κ2) is 1.89. The Kier molecular flexibility index (Phi) is 1.22. The third-order valence-electron chi connectivity index (χ3n) is 0.955. The van der Waals surface area contributed by atoms with Crippen LogP contribution in [0.15, 0.2) is 12.8 Å². The average Bonchev–Trinajstić information content (AvgIpc) is 2.10. The zero-order chi connectivity index (χ0) is 6.85. The lowest BCUT2D eigenvalue weighted by Gasteiger charge is -1.99. The number of carbonyl (C=O) groups is 2. The summed E-state index contributed by atoms with van der Waals surface area (Å²) in [5, 5.41) is 0. The molecule has 1 saturated heterocycles. The Balaban J connectivity index is 2.68. The highest BCUT2D eigenvalue weighted by molar-refractivity contribution is 5.93. The van der Waals surface area contributed by atoms with Crippen LogP contribution in [0.5, 0.6) is 0 Å². The van der Waals surface area contributed by atoms with Crippen LogP contribution in [0, 0.1) is 0 Å². The van der Waals surface area contributed by atoms with Crippen molar-refractivity contribution < 1.29 is 14.3 Å². The van der Waals surface area contributed by atoms with E-state index in [1.807, 2.05) is 0 Å². The van der Waals surface area contributed by atoms with E-state index in [1.54, 1.807) is 0 Å². The largest absolute Gasteiger partial charge is 0.422 e. The molecule has 1 heterocycles. The van der Waals surface area contributed by atoms with Crippen LogP contribution < -0.4 is 0 Å². The van der Waals surface area contributed by atoms with Gasteiger partial charge in [-0.05, 0) is 0 Å². The van der Waals surface area contributed by atoms with Crippen molar-refractivity contribution in [1.29, 1.82) is 0 Å². The third kappa shape index (κ3) is 0.910. The van der Waals surface area contributed by atoms with Crippen LogP contribution in [-0.2, 0) is 9.53 Å². The second-order valence-electron chi connectivity index (χ2n) is 1.55. The van der Waals surface area contributed by atoms with Crippen LogP contribution in [0.2, 0.25) is 0 Å². The van der Waals surface area contributed by atoms with Crippen molar-refractivity contribution in [2.45, 2.75) is 0 Å². The molecule has 0 aliphatic carbocycles. The van der Waals surface area contributed by atoms with Crippen molar-refractivity contribution in [1.82, 2.24) is 4.90 Å². The fraction of sp³-hybridized carbons (Fsp3) is 0.200. The summed E-state index contributed by atoms with van der Waals surface area (Å²) in [6.45, 7) is 3.29. The maximum Gasteiger partial charge on any atom is 0.422 e. The van der Waals surface area contributed by atoms with Crippen molar-refractivity contribution in [2.75, 3.05) is 6.54 Å². The molecule has 1 rings (SSSR count). The van der Waals surface area contributed by atoms with Gasteiger partial charge in [0.1, 0.15) is 6.54 Å². The van der Waals surface area contributed by atoms with Gasteiger partial charge in [-0.1, -0.05) is 6.58 Å². The van der Waals surface area contributed by atoms with Gasteiger partial charge in [-0.3, -0.25) is 4.90 Å². The van der Waals surface area contributed by atoms with Crippen molar-refractivity contribution in [2.24, 2.45) is 0 Å². The maximum absolute atomic E-state index is 10.4. The molecule has 48 valence electrons. The fourth-order valence-electron chi connectivity index (χ4n) is 0.531. The number of nitrogens with zero attached hydrogens (tertiary/aromatic N) is 1. The molecule has 0 radical (unpaired) electrons. The van der Waals surface area contributed by atoms with E-state index in [0.717, 1.165) is 4.90 Å². The summed E-state index contributed by atoms with van der Waals surface area (Å²) >= 11 is 0. The molecule has 0 saturated carbocycles. The molecule has 1 amide bonds. The molecule has 0 N–H and O–H groups in total. The molecule has 0 bridgehead atoms. The molecule has 0 unspecified atom stereocenters. The first kappa shape index (κ1) is 5.81. The van der Waals surface area contributed by atoms with Crippen molar-refractivity contribution in [3.05, 3.63) is 12.8 Å². The molecule has 0 aromatic carbocycles. The van der Waals surface area contributed by atoms with E-state index >= 15 is 0 Å². The standard InChI is InChI=1S/C5H5NO3/c1-2-6-3-4(7)9-5(6)8/h2H,1,3H2. The van der Waals surface area contributed by atoms with E-state index in [2.05, 4.69) is 11.3 Å². The minimum Gasteiger partial charge on any atom is -0.375 e. The maximum atomic E-state index is 10.4. The van der Waals surface area contributed by atoms with Gasteiger partial charge in [0.25, 0.3) is 0 Å². The Labute approximate surface area is 51.7 Å². The van der Waals surface area contributed by atoms with Gasteiger partial charge in [-0.2, -0.15) is 0 Å². The summed E-state index contributed by atoms with van der Waals surface area (Å²) in [6, 6.07) is 0. The van der Waals surface area contributed by atoms with E-state index in [-0.39, 0.29) is 6.54 Å². The minimum absolute atomic E-state index is 0.0116. The number of esters is 1. The monoisotopic (exact) mass is 127 g/mol. The smallest absolute Gasteiger partial charge is 0.375 e. The molecule has 4 nitrogen and oxygen atoms in total. The van der Waals surface area contributed by atoms with Crippen LogP contribution >= 0.6 is 0 Å². The molecule has 1 aliphatic heterocycles. The van der Waals surface area contributed by atoms with Crippen LogP contribution in [-0.4, -0.2) is 23.5 Å². The molecule has 0 aromatic rings. The lowest BCUT2D eigenvalue weighted by atomic mass is 10.6. The second-order valence-corrected chi connectivity index (χ2v) is 1.55. The number of hydrogen-bond acceptors (Lipinski definition) is 3. The normalized spacial score (nSPS) is 18.0. The number of hydrogen-bond donors (Lipinski definition) is 0. The van der Waals surface area contributed by atoms with Crippen molar-refractivity contribution in [3.8, 4) is 0 Å². The highest BCUT2D eigenvalue weighted by atomic mass is 16.6. The Morgan fingerprint density at radius 1 is 1.67 bits per heavy atom. The van der Waals surface area contributed by atoms with Crippen LogP contribution in [0.3, 0.4) is 0 Å². The highest BCUT2D eigenvalue weighted by Crippen LogP contribution is 2.03. The molecule has 0 atom stereocenters. The van der Waals surface area contributed by atoms with E-state index in [0.29, 0.717) is 0 Å².